The summed E-state index contributed by atoms with van der Waals surface area (Å²) in [6.07, 6.45) is 3.35. The average molecular weight is 636 g/mol. The monoisotopic (exact) mass is 635 g/mol. The third-order valence-corrected chi connectivity index (χ3v) is 8.49. The summed E-state index contributed by atoms with van der Waals surface area (Å²) in [5.74, 6) is 1.19. The smallest absolute Gasteiger partial charge is 0.174 e. The summed E-state index contributed by atoms with van der Waals surface area (Å²) in [4.78, 5) is 30.2. The van der Waals surface area contributed by atoms with Gasteiger partial charge in [0.25, 0.3) is 0 Å². The molecule has 0 fully saturated rings. The van der Waals surface area contributed by atoms with Crippen LogP contribution in [0.4, 0.5) is 0 Å². The zero-order valence-electron chi connectivity index (χ0n) is 24.1. The van der Waals surface area contributed by atoms with Crippen molar-refractivity contribution >= 4 is 34.2 Å². The van der Waals surface area contributed by atoms with Gasteiger partial charge in [-0.15, -0.1) is 0 Å². The molecule has 208 valence electrons. The second kappa shape index (κ2) is 11.0. The van der Waals surface area contributed by atoms with Crippen molar-refractivity contribution in [3.8, 4) is 11.5 Å². The van der Waals surface area contributed by atoms with Crippen molar-refractivity contribution in [1.29, 1.82) is 0 Å². The molecule has 0 unspecified atom stereocenters. The van der Waals surface area contributed by atoms with Crippen LogP contribution in [0.5, 0.6) is 11.5 Å². The molecule has 7 heteroatoms. The molecular weight excluding hydrogens is 593 g/mol. The fourth-order valence-corrected chi connectivity index (χ4v) is 7.03. The molecule has 0 spiro atoms. The van der Waals surface area contributed by atoms with E-state index in [9.17, 15) is 9.59 Å². The highest BCUT2D eigenvalue weighted by Gasteiger charge is 2.49. The van der Waals surface area contributed by atoms with E-state index < -0.39 is 5.92 Å². The van der Waals surface area contributed by atoms with Crippen LogP contribution in [-0.2, 0) is 14.3 Å². The lowest BCUT2D eigenvalue weighted by molar-refractivity contribution is -0.119. The molecule has 1 heterocycles. The van der Waals surface area contributed by atoms with Crippen molar-refractivity contribution in [2.75, 3.05) is 27.4 Å². The minimum atomic E-state index is -0.401. The predicted molar refractivity (Wildman–Crippen MR) is 158 cm³/mol. The summed E-state index contributed by atoms with van der Waals surface area (Å²) in [5, 5.41) is 0. The van der Waals surface area contributed by atoms with Gasteiger partial charge < -0.3 is 19.1 Å². The number of carbonyl (C=O) groups is 2. The van der Waals surface area contributed by atoms with Crippen molar-refractivity contribution in [2.24, 2.45) is 10.8 Å². The Kier molecular flexibility index (Phi) is 8.39. The van der Waals surface area contributed by atoms with E-state index in [1.165, 1.54) is 0 Å². The number of methoxy groups -OCH3 is 2. The minimum Gasteiger partial charge on any atom is -0.493 e. The molecule has 4 rings (SSSR count). The zero-order chi connectivity index (χ0) is 28.0. The Labute approximate surface area is 241 Å². The summed E-state index contributed by atoms with van der Waals surface area (Å²) in [5.41, 5.74) is 4.34. The summed E-state index contributed by atoms with van der Waals surface area (Å²) < 4.78 is 18.1. The second-order valence-electron chi connectivity index (χ2n) is 12.7. The van der Waals surface area contributed by atoms with Gasteiger partial charge in [0.2, 0.25) is 0 Å². The lowest BCUT2D eigenvalue weighted by atomic mass is 9.63. The molecule has 3 aliphatic rings. The van der Waals surface area contributed by atoms with Gasteiger partial charge in [0.15, 0.2) is 23.1 Å². The zero-order valence-corrected chi connectivity index (χ0v) is 26.3. The van der Waals surface area contributed by atoms with Gasteiger partial charge in [-0.1, -0.05) is 27.7 Å². The van der Waals surface area contributed by atoms with Crippen LogP contribution in [0.1, 0.15) is 85.1 Å². The van der Waals surface area contributed by atoms with Crippen LogP contribution in [-0.4, -0.2) is 49.9 Å². The Bertz CT molecular complexity index is 1140. The van der Waals surface area contributed by atoms with Crippen LogP contribution in [0, 0.1) is 14.4 Å². The first-order valence-electron chi connectivity index (χ1n) is 13.6. The van der Waals surface area contributed by atoms with Crippen LogP contribution in [0.2, 0.25) is 0 Å². The number of ketones is 2. The summed E-state index contributed by atoms with van der Waals surface area (Å²) in [6.45, 7) is 14.0. The number of hydrogen-bond donors (Lipinski definition) is 0. The Balaban J connectivity index is 1.97. The quantitative estimate of drug-likeness (QED) is 0.231. The first-order valence-corrected chi connectivity index (χ1v) is 14.7. The van der Waals surface area contributed by atoms with E-state index in [0.717, 1.165) is 57.5 Å². The normalized spacial score (nSPS) is 21.2. The molecule has 0 aromatic heterocycles. The van der Waals surface area contributed by atoms with Crippen LogP contribution in [0.3, 0.4) is 0 Å². The summed E-state index contributed by atoms with van der Waals surface area (Å²) in [6, 6.07) is 4.04. The average Bonchev–Trinajstić information content (AvgIpc) is 2.79. The van der Waals surface area contributed by atoms with E-state index >= 15 is 0 Å². The van der Waals surface area contributed by atoms with Gasteiger partial charge in [0.1, 0.15) is 0 Å². The Hall–Kier alpha value is -1.87. The highest BCUT2D eigenvalue weighted by Crippen LogP contribution is 2.55. The van der Waals surface area contributed by atoms with Gasteiger partial charge in [-0.25, -0.2) is 0 Å². The lowest BCUT2D eigenvalue weighted by Crippen LogP contribution is -2.44. The molecule has 0 atom stereocenters. The van der Waals surface area contributed by atoms with Crippen LogP contribution in [0.25, 0.3) is 0 Å². The number of ether oxygens (including phenoxy) is 3. The molecule has 0 N–H and O–H groups in total. The van der Waals surface area contributed by atoms with Gasteiger partial charge in [-0.2, -0.15) is 0 Å². The number of benzene rings is 1. The maximum atomic E-state index is 14.0. The van der Waals surface area contributed by atoms with E-state index in [1.807, 2.05) is 19.9 Å². The summed E-state index contributed by atoms with van der Waals surface area (Å²) >= 11 is 2.28. The minimum absolute atomic E-state index is 0.00784. The lowest BCUT2D eigenvalue weighted by Gasteiger charge is -2.49. The second-order valence-corrected chi connectivity index (χ2v) is 13.9. The van der Waals surface area contributed by atoms with Gasteiger partial charge in [-0.05, 0) is 84.2 Å². The van der Waals surface area contributed by atoms with Crippen LogP contribution >= 0.6 is 22.6 Å². The van der Waals surface area contributed by atoms with E-state index in [0.29, 0.717) is 30.9 Å². The number of Topliss-reactive ketones (excluding diaryl/α,β-unsaturated/α-hetero) is 2. The topological polar surface area (TPSA) is 65.1 Å². The highest BCUT2D eigenvalue weighted by atomic mass is 127. The molecule has 0 saturated carbocycles. The number of halogens is 1. The SMILES string of the molecule is COCCCN1C2=C(C(=O)CC(C)(C)C2)C(c2cc(I)c(OC(C)C)c(OC)c2)C2=C1CC(C)(C)CC2=O. The van der Waals surface area contributed by atoms with Gasteiger partial charge in [0.05, 0.1) is 16.8 Å². The first kappa shape index (κ1) is 29.1. The first-order chi connectivity index (χ1) is 17.8. The standard InChI is InChI=1S/C31H42INO5/c1-18(2)38-29-20(32)12-19(13-25(29)37-8)26-27-21(14-30(3,4)16-23(27)34)33(10-9-11-36-7)22-15-31(5,6)17-24(35)28(22)26/h12-13,18,26H,9-11,14-17H2,1-8H3. The van der Waals surface area contributed by atoms with Crippen molar-refractivity contribution in [3.05, 3.63) is 43.8 Å². The number of carbonyl (C=O) groups excluding carboxylic acids is 2. The van der Waals surface area contributed by atoms with Crippen molar-refractivity contribution in [3.63, 3.8) is 0 Å². The largest absolute Gasteiger partial charge is 0.493 e. The van der Waals surface area contributed by atoms with E-state index in [-0.39, 0.29) is 28.5 Å². The molecule has 1 aromatic rings. The molecule has 0 radical (unpaired) electrons. The molecule has 38 heavy (non-hydrogen) atoms. The van der Waals surface area contributed by atoms with E-state index in [1.54, 1.807) is 14.2 Å². The summed E-state index contributed by atoms with van der Waals surface area (Å²) in [7, 11) is 3.35. The molecule has 2 aliphatic carbocycles. The third-order valence-electron chi connectivity index (χ3n) is 7.69. The molecular formula is C31H42INO5. The van der Waals surface area contributed by atoms with Crippen molar-refractivity contribution in [1.82, 2.24) is 4.90 Å². The number of rotatable bonds is 8. The molecule has 0 saturated heterocycles. The molecule has 0 bridgehead atoms. The van der Waals surface area contributed by atoms with Gasteiger partial charge in [-0.3, -0.25) is 9.59 Å². The molecule has 1 aliphatic heterocycles. The predicted octanol–water partition coefficient (Wildman–Crippen LogP) is 6.81. The molecule has 1 aromatic carbocycles. The Morgan fingerprint density at radius 2 is 1.50 bits per heavy atom. The van der Waals surface area contributed by atoms with Crippen LogP contribution in [0.15, 0.2) is 34.7 Å². The van der Waals surface area contributed by atoms with E-state index in [4.69, 9.17) is 14.2 Å². The third kappa shape index (κ3) is 5.69. The Morgan fingerprint density at radius 1 is 0.947 bits per heavy atom. The fourth-order valence-electron chi connectivity index (χ4n) is 6.27. The molecule has 0 amide bonds. The van der Waals surface area contributed by atoms with E-state index in [2.05, 4.69) is 61.3 Å². The number of allylic oxidation sites excluding steroid dienone is 4. The Morgan fingerprint density at radius 3 is 1.97 bits per heavy atom. The maximum Gasteiger partial charge on any atom is 0.174 e. The van der Waals surface area contributed by atoms with Crippen LogP contribution < -0.4 is 9.47 Å². The molecule has 6 nitrogen and oxygen atoms in total. The number of hydrogen-bond acceptors (Lipinski definition) is 6. The van der Waals surface area contributed by atoms with Gasteiger partial charge >= 0.3 is 0 Å². The highest BCUT2D eigenvalue weighted by molar-refractivity contribution is 14.1. The van der Waals surface area contributed by atoms with Crippen molar-refractivity contribution in [2.45, 2.75) is 85.7 Å². The van der Waals surface area contributed by atoms with Crippen molar-refractivity contribution < 1.29 is 23.8 Å². The fraction of sp³-hybridized carbons (Fsp3) is 0.613. The maximum absolute atomic E-state index is 14.0. The number of nitrogens with zero attached hydrogens (tertiary/aromatic N) is 1. The van der Waals surface area contributed by atoms with Gasteiger partial charge in [0, 0.05) is 61.6 Å².